The van der Waals surface area contributed by atoms with Crippen LogP contribution in [0.3, 0.4) is 0 Å². The normalized spacial score (nSPS) is 17.5. The third-order valence-corrected chi connectivity index (χ3v) is 5.83. The van der Waals surface area contributed by atoms with Gasteiger partial charge in [-0.2, -0.15) is 0 Å². The van der Waals surface area contributed by atoms with Gasteiger partial charge in [0.15, 0.2) is 5.82 Å². The van der Waals surface area contributed by atoms with Gasteiger partial charge in [0.25, 0.3) is 0 Å². The molecule has 3 aromatic rings. The Bertz CT molecular complexity index is 1220. The summed E-state index contributed by atoms with van der Waals surface area (Å²) in [5.74, 6) is 1.85. The van der Waals surface area contributed by atoms with Crippen molar-refractivity contribution in [3.8, 4) is 5.75 Å². The molecule has 0 aliphatic carbocycles. The van der Waals surface area contributed by atoms with Crippen molar-refractivity contribution in [2.45, 2.75) is 32.0 Å². The molecule has 2 aliphatic rings. The fourth-order valence-electron chi connectivity index (χ4n) is 4.05. The van der Waals surface area contributed by atoms with Crippen molar-refractivity contribution in [3.05, 3.63) is 71.3 Å². The first-order valence-electron chi connectivity index (χ1n) is 11.2. The molecule has 33 heavy (non-hydrogen) atoms. The molecule has 170 valence electrons. The van der Waals surface area contributed by atoms with Gasteiger partial charge in [0.2, 0.25) is 0 Å². The average molecular weight is 448 g/mol. The highest BCUT2D eigenvalue weighted by atomic mass is 19.1. The van der Waals surface area contributed by atoms with Gasteiger partial charge in [-0.25, -0.2) is 14.4 Å². The molecule has 1 atom stereocenters. The molecule has 5 rings (SSSR count). The van der Waals surface area contributed by atoms with Crippen LogP contribution in [0, 0.1) is 5.82 Å². The quantitative estimate of drug-likeness (QED) is 0.552. The number of hydrogen-bond donors (Lipinski definition) is 3. The molecule has 1 aromatic heterocycles. The van der Waals surface area contributed by atoms with Crippen molar-refractivity contribution >= 4 is 22.6 Å². The van der Waals surface area contributed by atoms with E-state index in [1.165, 1.54) is 24.3 Å². The van der Waals surface area contributed by atoms with Gasteiger partial charge in [0.1, 0.15) is 35.4 Å². The molecule has 0 radical (unpaired) electrons. The lowest BCUT2D eigenvalue weighted by molar-refractivity contribution is 0.162. The number of aliphatic hydroxyl groups excluding tert-OH is 1. The first-order chi connectivity index (χ1) is 16.0. The lowest BCUT2D eigenvalue weighted by Crippen LogP contribution is -2.34. The van der Waals surface area contributed by atoms with Gasteiger partial charge in [0.05, 0.1) is 12.1 Å². The fourth-order valence-corrected chi connectivity index (χ4v) is 4.05. The smallest absolute Gasteiger partial charge is 0.164 e. The summed E-state index contributed by atoms with van der Waals surface area (Å²) in [6, 6.07) is 11.4. The molecular weight excluding hydrogens is 421 g/mol. The molecule has 0 amide bonds. The number of hydrogen-bond acceptors (Lipinski definition) is 7. The van der Waals surface area contributed by atoms with Gasteiger partial charge in [-0.05, 0) is 74.3 Å². The Balaban J connectivity index is 1.52. The van der Waals surface area contributed by atoms with Crippen LogP contribution in [0.2, 0.25) is 0 Å². The van der Waals surface area contributed by atoms with Crippen molar-refractivity contribution in [2.24, 2.45) is 4.99 Å². The number of rotatable bonds is 5. The number of anilines is 1. The van der Waals surface area contributed by atoms with Crippen molar-refractivity contribution in [3.63, 3.8) is 0 Å². The lowest BCUT2D eigenvalue weighted by Gasteiger charge is -2.24. The Hall–Kier alpha value is -3.36. The van der Waals surface area contributed by atoms with E-state index in [1.54, 1.807) is 0 Å². The summed E-state index contributed by atoms with van der Waals surface area (Å²) in [5.41, 5.74) is 2.31. The molecule has 2 aliphatic heterocycles. The van der Waals surface area contributed by atoms with Gasteiger partial charge in [-0.15, -0.1) is 0 Å². The Morgan fingerprint density at radius 1 is 1.12 bits per heavy atom. The zero-order chi connectivity index (χ0) is 22.8. The molecule has 0 saturated carbocycles. The highest BCUT2D eigenvalue weighted by molar-refractivity contribution is 6.08. The molecule has 1 unspecified atom stereocenters. The van der Waals surface area contributed by atoms with Gasteiger partial charge in [-0.3, -0.25) is 4.99 Å². The van der Waals surface area contributed by atoms with E-state index in [0.29, 0.717) is 29.3 Å². The molecule has 0 bridgehead atoms. The topological polar surface area (TPSA) is 91.7 Å². The van der Waals surface area contributed by atoms with Crippen LogP contribution in [0.15, 0.2) is 59.1 Å². The van der Waals surface area contributed by atoms with E-state index in [4.69, 9.17) is 4.74 Å². The number of nitrogens with one attached hydrogen (secondary N) is 2. The van der Waals surface area contributed by atoms with Gasteiger partial charge in [-0.1, -0.05) is 12.1 Å². The van der Waals surface area contributed by atoms with E-state index in [9.17, 15) is 9.50 Å². The molecule has 3 heterocycles. The average Bonchev–Trinajstić information content (AvgIpc) is 3.24. The van der Waals surface area contributed by atoms with Crippen LogP contribution >= 0.6 is 0 Å². The Morgan fingerprint density at radius 2 is 1.91 bits per heavy atom. The molecule has 3 N–H and O–H groups in total. The van der Waals surface area contributed by atoms with Gasteiger partial charge in [0, 0.05) is 11.5 Å². The zero-order valence-corrected chi connectivity index (χ0v) is 18.4. The second-order valence-electron chi connectivity index (χ2n) is 8.45. The molecule has 8 heteroatoms. The number of aliphatic imine (C=N–C) groups is 1. The summed E-state index contributed by atoms with van der Waals surface area (Å²) in [7, 11) is 0. The first-order valence-corrected chi connectivity index (χ1v) is 11.2. The number of aromatic nitrogens is 2. The third kappa shape index (κ3) is 4.86. The monoisotopic (exact) mass is 447 g/mol. The summed E-state index contributed by atoms with van der Waals surface area (Å²) in [6.45, 7) is 4.55. The van der Waals surface area contributed by atoms with Crippen LogP contribution in [0.1, 0.15) is 37.3 Å². The van der Waals surface area contributed by atoms with Gasteiger partial charge >= 0.3 is 0 Å². The molecule has 7 nitrogen and oxygen atoms in total. The van der Waals surface area contributed by atoms with Gasteiger partial charge < -0.3 is 20.5 Å². The number of nitrogens with zero attached hydrogens (tertiary/aromatic N) is 3. The number of aliphatic hydroxyl groups is 1. The number of ether oxygens (including phenoxy) is 1. The maximum atomic E-state index is 13.4. The fraction of sp³-hybridized carbons (Fsp3) is 0.320. The minimum absolute atomic E-state index is 0.161. The van der Waals surface area contributed by atoms with Crippen molar-refractivity contribution < 1.29 is 14.2 Å². The molecule has 0 spiro atoms. The van der Waals surface area contributed by atoms with Crippen LogP contribution < -0.4 is 15.4 Å². The van der Waals surface area contributed by atoms with Crippen LogP contribution in [0.5, 0.6) is 5.75 Å². The SMILES string of the molecule is CC1=CC(Nc2nc(C(O)c3ccc(F)cc3)nc3cc(OC4CCNCC4)ccc23)=NC1. The van der Waals surface area contributed by atoms with Crippen LogP contribution in [-0.2, 0) is 0 Å². The summed E-state index contributed by atoms with van der Waals surface area (Å²) in [4.78, 5) is 13.7. The van der Waals surface area contributed by atoms with Crippen molar-refractivity contribution in [1.29, 1.82) is 0 Å². The highest BCUT2D eigenvalue weighted by Gasteiger charge is 2.20. The molecule has 1 saturated heterocycles. The number of piperidine rings is 1. The molecule has 2 aromatic carbocycles. The number of benzene rings is 2. The van der Waals surface area contributed by atoms with Crippen molar-refractivity contribution in [2.75, 3.05) is 25.0 Å². The number of fused-ring (bicyclic) bond motifs is 1. The minimum atomic E-state index is -1.10. The maximum absolute atomic E-state index is 13.4. The molecular formula is C25H26FN5O2. The van der Waals surface area contributed by atoms with Crippen LogP contribution in [0.4, 0.5) is 10.2 Å². The minimum Gasteiger partial charge on any atom is -0.490 e. The van der Waals surface area contributed by atoms with E-state index < -0.39 is 6.10 Å². The van der Waals surface area contributed by atoms with E-state index in [0.717, 1.165) is 42.6 Å². The van der Waals surface area contributed by atoms with Crippen molar-refractivity contribution in [1.82, 2.24) is 15.3 Å². The second-order valence-corrected chi connectivity index (χ2v) is 8.45. The molecule has 1 fully saturated rings. The Labute approximate surface area is 191 Å². The summed E-state index contributed by atoms with van der Waals surface area (Å²) < 4.78 is 19.6. The van der Waals surface area contributed by atoms with E-state index in [-0.39, 0.29) is 17.7 Å². The van der Waals surface area contributed by atoms with Crippen LogP contribution in [-0.4, -0.2) is 46.6 Å². The number of amidine groups is 1. The lowest BCUT2D eigenvalue weighted by atomic mass is 10.1. The Kier molecular flexibility index (Phi) is 6.02. The van der Waals surface area contributed by atoms with E-state index in [2.05, 4.69) is 25.6 Å². The second kappa shape index (κ2) is 9.25. The Morgan fingerprint density at radius 3 is 2.64 bits per heavy atom. The first kappa shape index (κ1) is 21.5. The highest BCUT2D eigenvalue weighted by Crippen LogP contribution is 2.29. The summed E-state index contributed by atoms with van der Waals surface area (Å²) in [6.07, 6.45) is 2.93. The van der Waals surface area contributed by atoms with Crippen LogP contribution in [0.25, 0.3) is 10.9 Å². The third-order valence-electron chi connectivity index (χ3n) is 5.83. The zero-order valence-electron chi connectivity index (χ0n) is 18.4. The predicted molar refractivity (Wildman–Crippen MR) is 126 cm³/mol. The van der Waals surface area contributed by atoms with E-state index in [1.807, 2.05) is 31.2 Å². The number of halogens is 1. The predicted octanol–water partition coefficient (Wildman–Crippen LogP) is 3.75. The standard InChI is InChI=1S/C25H26FN5O2/c1-15-12-22(28-14-15)30-24-20-7-6-19(33-18-8-10-27-11-9-18)13-21(20)29-25(31-24)23(32)16-2-4-17(26)5-3-16/h2-7,12-13,18,23,27,32H,8-11,14H2,1H3,(H,28,29,30,31). The summed E-state index contributed by atoms with van der Waals surface area (Å²) >= 11 is 0. The van der Waals surface area contributed by atoms with E-state index >= 15 is 0 Å². The maximum Gasteiger partial charge on any atom is 0.164 e. The summed E-state index contributed by atoms with van der Waals surface area (Å²) in [5, 5.41) is 18.4. The largest absolute Gasteiger partial charge is 0.490 e.